The second kappa shape index (κ2) is 5.45. The van der Waals surface area contributed by atoms with Crippen LogP contribution in [0.2, 0.25) is 0 Å². The number of allylic oxidation sites excluding steroid dienone is 2. The number of nitro groups is 1. The highest BCUT2D eigenvalue weighted by atomic mass is 16.6. The number of ether oxygens (including phenoxy) is 1. The van der Waals surface area contributed by atoms with Crippen molar-refractivity contribution >= 4 is 17.3 Å². The van der Waals surface area contributed by atoms with Gasteiger partial charge in [0.15, 0.2) is 5.76 Å². The number of methoxy groups -OCH3 is 1. The topological polar surface area (TPSA) is 99.4 Å². The number of rotatable bonds is 3. The average Bonchev–Trinajstić information content (AvgIpc) is 2.57. The van der Waals surface area contributed by atoms with Gasteiger partial charge in [-0.25, -0.2) is 4.98 Å². The maximum atomic E-state index is 12.1. The van der Waals surface area contributed by atoms with E-state index in [0.29, 0.717) is 0 Å². The number of nitrogens with zero attached hydrogens (tertiary/aromatic N) is 2. The molecule has 23 heavy (non-hydrogen) atoms. The summed E-state index contributed by atoms with van der Waals surface area (Å²) < 4.78 is 4.87. The molecule has 0 amide bonds. The smallest absolute Gasteiger partial charge is 0.278 e. The van der Waals surface area contributed by atoms with Crippen molar-refractivity contribution in [3.05, 3.63) is 69.6 Å². The molecule has 0 fully saturated rings. The van der Waals surface area contributed by atoms with Gasteiger partial charge in [0.05, 0.1) is 28.9 Å². The minimum atomic E-state index is -0.521. The van der Waals surface area contributed by atoms with Crippen molar-refractivity contribution in [3.63, 3.8) is 0 Å². The van der Waals surface area contributed by atoms with E-state index in [1.807, 2.05) is 0 Å². The van der Waals surface area contributed by atoms with Gasteiger partial charge in [0.1, 0.15) is 5.69 Å². The van der Waals surface area contributed by atoms with Gasteiger partial charge >= 0.3 is 0 Å². The van der Waals surface area contributed by atoms with Gasteiger partial charge in [-0.1, -0.05) is 12.1 Å². The second-order valence-corrected chi connectivity index (χ2v) is 4.77. The Bertz CT molecular complexity index is 886. The molecule has 1 aliphatic carbocycles. The number of benzene rings is 1. The van der Waals surface area contributed by atoms with Gasteiger partial charge in [-0.2, -0.15) is 0 Å². The van der Waals surface area contributed by atoms with Crippen molar-refractivity contribution in [3.8, 4) is 11.3 Å². The molecule has 2 aromatic rings. The SMILES string of the molecule is COC1=CC(=O)c2nc(-c3ccccc3[N+](=O)[O-])ccc2C1=O. The molecule has 0 radical (unpaired) electrons. The molecule has 0 aliphatic heterocycles. The van der Waals surface area contributed by atoms with Gasteiger partial charge in [0.25, 0.3) is 5.69 Å². The summed E-state index contributed by atoms with van der Waals surface area (Å²) in [6.45, 7) is 0. The predicted octanol–water partition coefficient (Wildman–Crippen LogP) is 2.57. The number of fused-ring (bicyclic) bond motifs is 1. The van der Waals surface area contributed by atoms with Gasteiger partial charge in [-0.3, -0.25) is 19.7 Å². The molecule has 0 saturated carbocycles. The number of ketones is 2. The molecule has 114 valence electrons. The van der Waals surface area contributed by atoms with Gasteiger partial charge in [0, 0.05) is 12.1 Å². The van der Waals surface area contributed by atoms with Crippen molar-refractivity contribution in [2.75, 3.05) is 7.11 Å². The molecule has 1 aliphatic rings. The van der Waals surface area contributed by atoms with E-state index in [9.17, 15) is 19.7 Å². The fourth-order valence-corrected chi connectivity index (χ4v) is 2.37. The van der Waals surface area contributed by atoms with E-state index in [1.54, 1.807) is 18.2 Å². The van der Waals surface area contributed by atoms with Crippen molar-refractivity contribution in [2.45, 2.75) is 0 Å². The molecule has 0 spiro atoms. The number of aromatic nitrogens is 1. The summed E-state index contributed by atoms with van der Waals surface area (Å²) in [6, 6.07) is 8.98. The fourth-order valence-electron chi connectivity index (χ4n) is 2.37. The first-order valence-electron chi connectivity index (χ1n) is 6.62. The third kappa shape index (κ3) is 2.38. The van der Waals surface area contributed by atoms with Crippen molar-refractivity contribution < 1.29 is 19.2 Å². The predicted molar refractivity (Wildman–Crippen MR) is 80.1 cm³/mol. The van der Waals surface area contributed by atoms with Crippen LogP contribution in [0.4, 0.5) is 5.69 Å². The number of Topliss-reactive ketones (excluding diaryl/α,β-unsaturated/α-hetero) is 1. The summed E-state index contributed by atoms with van der Waals surface area (Å²) in [4.78, 5) is 39.0. The van der Waals surface area contributed by atoms with E-state index < -0.39 is 16.5 Å². The summed E-state index contributed by atoms with van der Waals surface area (Å²) in [5.41, 5.74) is 0.499. The Hall–Kier alpha value is -3.35. The van der Waals surface area contributed by atoms with Crippen LogP contribution in [0.1, 0.15) is 20.8 Å². The standard InChI is InChI=1S/C16H10N2O5/c1-23-14-8-13(19)15-10(16(14)20)6-7-11(17-15)9-4-2-3-5-12(9)18(21)22/h2-8H,1H3. The van der Waals surface area contributed by atoms with Crippen LogP contribution in [0.5, 0.6) is 0 Å². The van der Waals surface area contributed by atoms with Gasteiger partial charge in [-0.05, 0) is 18.2 Å². The Labute approximate surface area is 130 Å². The summed E-state index contributed by atoms with van der Waals surface area (Å²) in [5.74, 6) is -0.969. The van der Waals surface area contributed by atoms with Crippen LogP contribution < -0.4 is 0 Å². The van der Waals surface area contributed by atoms with E-state index in [-0.39, 0.29) is 34.0 Å². The fraction of sp³-hybridized carbons (Fsp3) is 0.0625. The van der Waals surface area contributed by atoms with Crippen molar-refractivity contribution in [1.29, 1.82) is 0 Å². The lowest BCUT2D eigenvalue weighted by Gasteiger charge is -2.14. The van der Waals surface area contributed by atoms with Crippen LogP contribution in [0.15, 0.2) is 48.2 Å². The molecular formula is C16H10N2O5. The average molecular weight is 310 g/mol. The molecule has 0 unspecified atom stereocenters. The lowest BCUT2D eigenvalue weighted by atomic mass is 9.97. The Balaban J connectivity index is 2.16. The first-order valence-corrected chi connectivity index (χ1v) is 6.62. The Kier molecular flexibility index (Phi) is 3.46. The molecule has 3 rings (SSSR count). The Morgan fingerprint density at radius 3 is 2.52 bits per heavy atom. The zero-order valence-electron chi connectivity index (χ0n) is 12.0. The van der Waals surface area contributed by atoms with E-state index in [4.69, 9.17) is 4.74 Å². The molecule has 1 aromatic carbocycles. The maximum Gasteiger partial charge on any atom is 0.278 e. The quantitative estimate of drug-likeness (QED) is 0.638. The third-order valence-corrected chi connectivity index (χ3v) is 3.46. The monoisotopic (exact) mass is 310 g/mol. The highest BCUT2D eigenvalue weighted by molar-refractivity contribution is 6.23. The van der Waals surface area contributed by atoms with Crippen LogP contribution in [-0.4, -0.2) is 28.6 Å². The number of hydrogen-bond donors (Lipinski definition) is 0. The van der Waals surface area contributed by atoms with E-state index in [2.05, 4.69) is 4.98 Å². The lowest BCUT2D eigenvalue weighted by molar-refractivity contribution is -0.384. The first-order chi connectivity index (χ1) is 11.0. The van der Waals surface area contributed by atoms with E-state index >= 15 is 0 Å². The Morgan fingerprint density at radius 1 is 1.09 bits per heavy atom. The number of para-hydroxylation sites is 1. The molecule has 0 saturated heterocycles. The molecule has 7 nitrogen and oxygen atoms in total. The summed E-state index contributed by atoms with van der Waals surface area (Å²) in [7, 11) is 1.30. The highest BCUT2D eigenvalue weighted by Gasteiger charge is 2.28. The zero-order chi connectivity index (χ0) is 16.6. The minimum Gasteiger partial charge on any atom is -0.492 e. The summed E-state index contributed by atoms with van der Waals surface area (Å²) in [6.07, 6.45) is 1.07. The summed E-state index contributed by atoms with van der Waals surface area (Å²) in [5, 5.41) is 11.1. The molecular weight excluding hydrogens is 300 g/mol. The third-order valence-electron chi connectivity index (χ3n) is 3.46. The van der Waals surface area contributed by atoms with Crippen molar-refractivity contribution in [1.82, 2.24) is 4.98 Å². The molecule has 1 heterocycles. The summed E-state index contributed by atoms with van der Waals surface area (Å²) >= 11 is 0. The van der Waals surface area contributed by atoms with Crippen LogP contribution in [0.3, 0.4) is 0 Å². The minimum absolute atomic E-state index is 0.0357. The Morgan fingerprint density at radius 2 is 1.83 bits per heavy atom. The van der Waals surface area contributed by atoms with Crippen LogP contribution >= 0.6 is 0 Å². The van der Waals surface area contributed by atoms with E-state index in [0.717, 1.165) is 6.08 Å². The largest absolute Gasteiger partial charge is 0.492 e. The maximum absolute atomic E-state index is 12.1. The number of nitro benzene ring substituents is 1. The van der Waals surface area contributed by atoms with Crippen molar-refractivity contribution in [2.24, 2.45) is 0 Å². The van der Waals surface area contributed by atoms with Gasteiger partial charge < -0.3 is 4.74 Å². The zero-order valence-corrected chi connectivity index (χ0v) is 12.0. The van der Waals surface area contributed by atoms with E-state index in [1.165, 1.54) is 25.3 Å². The lowest BCUT2D eigenvalue weighted by Crippen LogP contribution is -2.19. The number of carbonyl (C=O) groups is 2. The van der Waals surface area contributed by atoms with Gasteiger partial charge in [-0.15, -0.1) is 0 Å². The molecule has 0 N–H and O–H groups in total. The normalized spacial score (nSPS) is 13.3. The highest BCUT2D eigenvalue weighted by Crippen LogP contribution is 2.30. The van der Waals surface area contributed by atoms with Crippen LogP contribution in [-0.2, 0) is 4.74 Å². The van der Waals surface area contributed by atoms with Gasteiger partial charge in [0.2, 0.25) is 11.6 Å². The number of carbonyl (C=O) groups excluding carboxylic acids is 2. The number of pyridine rings is 1. The molecule has 1 aromatic heterocycles. The first kappa shape index (κ1) is 14.6. The van der Waals surface area contributed by atoms with Crippen LogP contribution in [0.25, 0.3) is 11.3 Å². The molecule has 0 bridgehead atoms. The molecule has 7 heteroatoms. The number of hydrogen-bond acceptors (Lipinski definition) is 6. The second-order valence-electron chi connectivity index (χ2n) is 4.77. The van der Waals surface area contributed by atoms with Crippen LogP contribution in [0, 0.1) is 10.1 Å². The molecule has 0 atom stereocenters.